The molecule has 0 amide bonds. The van der Waals surface area contributed by atoms with Crippen LogP contribution in [0.3, 0.4) is 0 Å². The summed E-state index contributed by atoms with van der Waals surface area (Å²) in [4.78, 5) is 27.3. The fraction of sp³-hybridized carbons (Fsp3) is 0.286. The number of thioether (sulfide) groups is 1. The van der Waals surface area contributed by atoms with E-state index in [2.05, 4.69) is 22.1 Å². The molecule has 3 aromatic heterocycles. The van der Waals surface area contributed by atoms with Crippen LogP contribution in [0.25, 0.3) is 5.65 Å². The fourth-order valence-corrected chi connectivity index (χ4v) is 5.15. The van der Waals surface area contributed by atoms with E-state index in [-0.39, 0.29) is 5.03 Å². The van der Waals surface area contributed by atoms with E-state index in [4.69, 9.17) is 0 Å². The van der Waals surface area contributed by atoms with Crippen molar-refractivity contribution >= 4 is 46.2 Å². The summed E-state index contributed by atoms with van der Waals surface area (Å²) < 4.78 is 2.49. The molecule has 3 aromatic rings. The van der Waals surface area contributed by atoms with Crippen LogP contribution in [0.2, 0.25) is 0 Å². The standard InChI is InChI=1S/C14H13N5O3S3/c1-2-3-8-23-13-16-17-14(25-13)24-11-10(19(21)22)12(20)18-7-5-4-6-9(18)15-11/h4-7H,2-3,8H2,1H3. The maximum Gasteiger partial charge on any atom is 0.366 e. The highest BCUT2D eigenvalue weighted by atomic mass is 32.2. The Balaban J connectivity index is 1.94. The quantitative estimate of drug-likeness (QED) is 0.197. The monoisotopic (exact) mass is 395 g/mol. The molecular formula is C14H13N5O3S3. The molecule has 0 fully saturated rings. The number of rotatable bonds is 7. The van der Waals surface area contributed by atoms with Crippen LogP contribution in [-0.4, -0.2) is 30.3 Å². The van der Waals surface area contributed by atoms with Gasteiger partial charge in [-0.2, -0.15) is 0 Å². The van der Waals surface area contributed by atoms with Gasteiger partial charge >= 0.3 is 11.2 Å². The van der Waals surface area contributed by atoms with Crippen molar-refractivity contribution in [3.05, 3.63) is 44.9 Å². The number of nitrogens with zero attached hydrogens (tertiary/aromatic N) is 5. The first-order valence-corrected chi connectivity index (χ1v) is 10.0. The molecule has 25 heavy (non-hydrogen) atoms. The van der Waals surface area contributed by atoms with E-state index >= 15 is 0 Å². The van der Waals surface area contributed by atoms with Crippen molar-refractivity contribution in [3.8, 4) is 0 Å². The Hall–Kier alpha value is -1.98. The third-order valence-corrected chi connectivity index (χ3v) is 6.33. The molecule has 0 N–H and O–H groups in total. The SMILES string of the molecule is CCCCSc1nnc(Sc2nc3ccccn3c(=O)c2[N+](=O)[O-])s1. The van der Waals surface area contributed by atoms with Crippen molar-refractivity contribution in [2.24, 2.45) is 0 Å². The maximum atomic E-state index is 12.4. The Morgan fingerprint density at radius 2 is 2.12 bits per heavy atom. The summed E-state index contributed by atoms with van der Waals surface area (Å²) in [5, 5.41) is 19.5. The van der Waals surface area contributed by atoms with Crippen LogP contribution >= 0.6 is 34.9 Å². The second-order valence-electron chi connectivity index (χ2n) is 4.89. The van der Waals surface area contributed by atoms with Crippen LogP contribution in [0.1, 0.15) is 19.8 Å². The third-order valence-electron chi connectivity index (χ3n) is 3.16. The Bertz CT molecular complexity index is 972. The minimum Gasteiger partial charge on any atom is -0.262 e. The van der Waals surface area contributed by atoms with Crippen molar-refractivity contribution < 1.29 is 4.92 Å². The van der Waals surface area contributed by atoms with Gasteiger partial charge in [0.05, 0.1) is 4.92 Å². The van der Waals surface area contributed by atoms with Crippen molar-refractivity contribution in [1.29, 1.82) is 0 Å². The van der Waals surface area contributed by atoms with Crippen molar-refractivity contribution in [2.75, 3.05) is 5.75 Å². The number of nitro groups is 1. The number of pyridine rings is 1. The number of hydrogen-bond acceptors (Lipinski definition) is 9. The van der Waals surface area contributed by atoms with Gasteiger partial charge in [0.15, 0.2) is 13.7 Å². The summed E-state index contributed by atoms with van der Waals surface area (Å²) >= 11 is 3.94. The molecule has 0 bridgehead atoms. The first kappa shape index (κ1) is 17.8. The molecule has 0 aromatic carbocycles. The highest BCUT2D eigenvalue weighted by molar-refractivity contribution is 8.03. The Morgan fingerprint density at radius 3 is 2.88 bits per heavy atom. The van der Waals surface area contributed by atoms with Crippen LogP contribution in [0.15, 0.2) is 42.9 Å². The molecule has 0 unspecified atom stereocenters. The largest absolute Gasteiger partial charge is 0.366 e. The van der Waals surface area contributed by atoms with E-state index < -0.39 is 16.2 Å². The van der Waals surface area contributed by atoms with Crippen molar-refractivity contribution in [3.63, 3.8) is 0 Å². The van der Waals surface area contributed by atoms with E-state index in [1.54, 1.807) is 30.0 Å². The van der Waals surface area contributed by atoms with E-state index in [0.29, 0.717) is 9.99 Å². The maximum absolute atomic E-state index is 12.4. The second-order valence-corrected chi connectivity index (χ2v) is 8.45. The number of aromatic nitrogens is 4. The van der Waals surface area contributed by atoms with Gasteiger partial charge in [-0.3, -0.25) is 19.3 Å². The van der Waals surface area contributed by atoms with Gasteiger partial charge in [0.1, 0.15) is 5.65 Å². The van der Waals surface area contributed by atoms with Crippen molar-refractivity contribution in [1.82, 2.24) is 19.6 Å². The lowest BCUT2D eigenvalue weighted by Crippen LogP contribution is -2.19. The van der Waals surface area contributed by atoms with E-state index in [1.807, 2.05) is 0 Å². The Labute approximate surface area is 154 Å². The molecule has 0 aliphatic carbocycles. The van der Waals surface area contributed by atoms with Crippen LogP contribution in [0, 0.1) is 10.1 Å². The molecule has 0 radical (unpaired) electrons. The Morgan fingerprint density at radius 1 is 1.32 bits per heavy atom. The topological polar surface area (TPSA) is 103 Å². The summed E-state index contributed by atoms with van der Waals surface area (Å²) in [5.41, 5.74) is -0.910. The third kappa shape index (κ3) is 3.99. The summed E-state index contributed by atoms with van der Waals surface area (Å²) in [5.74, 6) is 0.950. The zero-order valence-corrected chi connectivity index (χ0v) is 15.6. The molecular weight excluding hydrogens is 382 g/mol. The lowest BCUT2D eigenvalue weighted by Gasteiger charge is -2.03. The van der Waals surface area contributed by atoms with Crippen LogP contribution in [-0.2, 0) is 0 Å². The van der Waals surface area contributed by atoms with Crippen LogP contribution in [0.4, 0.5) is 5.69 Å². The molecule has 3 heterocycles. The predicted octanol–water partition coefficient (Wildman–Crippen LogP) is 3.50. The molecule has 0 spiro atoms. The van der Waals surface area contributed by atoms with Gasteiger partial charge in [0.25, 0.3) is 0 Å². The Kier molecular flexibility index (Phi) is 5.66. The molecule has 0 aliphatic rings. The van der Waals surface area contributed by atoms with Gasteiger partial charge in [0, 0.05) is 11.9 Å². The molecule has 130 valence electrons. The number of fused-ring (bicyclic) bond motifs is 1. The lowest BCUT2D eigenvalue weighted by atomic mass is 10.4. The summed E-state index contributed by atoms with van der Waals surface area (Å²) in [6.07, 6.45) is 3.64. The van der Waals surface area contributed by atoms with Gasteiger partial charge in [-0.05, 0) is 30.3 Å². The molecule has 8 nitrogen and oxygen atoms in total. The zero-order chi connectivity index (χ0) is 17.8. The molecule has 0 atom stereocenters. The average Bonchev–Trinajstić information content (AvgIpc) is 3.02. The highest BCUT2D eigenvalue weighted by Gasteiger charge is 2.25. The predicted molar refractivity (Wildman–Crippen MR) is 97.8 cm³/mol. The van der Waals surface area contributed by atoms with E-state index in [9.17, 15) is 14.9 Å². The number of unbranched alkanes of at least 4 members (excludes halogenated alkanes) is 1. The highest BCUT2D eigenvalue weighted by Crippen LogP contribution is 2.35. The molecule has 11 heteroatoms. The first-order chi connectivity index (χ1) is 12.1. The summed E-state index contributed by atoms with van der Waals surface area (Å²) in [7, 11) is 0. The lowest BCUT2D eigenvalue weighted by molar-refractivity contribution is -0.389. The number of hydrogen-bond donors (Lipinski definition) is 0. The first-order valence-electron chi connectivity index (χ1n) is 7.40. The minimum absolute atomic E-state index is 0.0301. The van der Waals surface area contributed by atoms with Gasteiger partial charge in [-0.1, -0.05) is 42.5 Å². The normalized spacial score (nSPS) is 11.1. The van der Waals surface area contributed by atoms with E-state index in [0.717, 1.165) is 39.1 Å². The van der Waals surface area contributed by atoms with Crippen LogP contribution < -0.4 is 5.56 Å². The van der Waals surface area contributed by atoms with Crippen LogP contribution in [0.5, 0.6) is 0 Å². The van der Waals surface area contributed by atoms with Gasteiger partial charge in [-0.25, -0.2) is 4.98 Å². The summed E-state index contributed by atoms with van der Waals surface area (Å²) in [6, 6.07) is 4.97. The minimum atomic E-state index is -0.708. The molecule has 3 rings (SSSR count). The van der Waals surface area contributed by atoms with Gasteiger partial charge in [0.2, 0.25) is 0 Å². The fourth-order valence-electron chi connectivity index (χ4n) is 1.97. The van der Waals surface area contributed by atoms with E-state index in [1.165, 1.54) is 17.5 Å². The smallest absolute Gasteiger partial charge is 0.262 e. The molecule has 0 aliphatic heterocycles. The van der Waals surface area contributed by atoms with Gasteiger partial charge in [-0.15, -0.1) is 10.2 Å². The van der Waals surface area contributed by atoms with Crippen molar-refractivity contribution in [2.45, 2.75) is 33.5 Å². The summed E-state index contributed by atoms with van der Waals surface area (Å²) in [6.45, 7) is 2.12. The second kappa shape index (κ2) is 7.93. The molecule has 0 saturated carbocycles. The zero-order valence-electron chi connectivity index (χ0n) is 13.1. The average molecular weight is 395 g/mol. The molecule has 0 saturated heterocycles. The van der Waals surface area contributed by atoms with Gasteiger partial charge < -0.3 is 0 Å².